The van der Waals surface area contributed by atoms with Gasteiger partial charge in [0.1, 0.15) is 5.82 Å². The fourth-order valence-electron chi connectivity index (χ4n) is 3.08. The van der Waals surface area contributed by atoms with Crippen molar-refractivity contribution in [2.24, 2.45) is 5.92 Å². The Morgan fingerprint density at radius 2 is 1.96 bits per heavy atom. The van der Waals surface area contributed by atoms with Gasteiger partial charge < -0.3 is 15.7 Å². The van der Waals surface area contributed by atoms with Crippen molar-refractivity contribution in [1.29, 1.82) is 0 Å². The molecule has 0 spiro atoms. The first-order valence-corrected chi connectivity index (χ1v) is 10.2. The number of nitrogens with one attached hydrogen (secondary N) is 2. The molecular weight excluding hydrogens is 397 g/mol. The standard InChI is InChI=1S/C20H25Cl2N3.CH2O2/c1-13(2)17-9-20(25-16-6-7-18(21)19(22)8-16)24-12-15(17)11-23-10-14-4-3-5-14;2-1-3/h6-9,12-14,23H,3-5,10-11H2,1-2H3,(H,24,25);1H,(H,2,3). The lowest BCUT2D eigenvalue weighted by Crippen LogP contribution is -2.27. The van der Waals surface area contributed by atoms with Crippen molar-refractivity contribution >= 4 is 41.2 Å². The van der Waals surface area contributed by atoms with Crippen LogP contribution in [0.5, 0.6) is 0 Å². The number of rotatable bonds is 7. The maximum Gasteiger partial charge on any atom is 0.290 e. The first-order chi connectivity index (χ1) is 13.4. The number of anilines is 2. The average Bonchev–Trinajstić information content (AvgIpc) is 2.61. The van der Waals surface area contributed by atoms with Gasteiger partial charge in [0.05, 0.1) is 10.0 Å². The molecule has 0 bridgehead atoms. The van der Waals surface area contributed by atoms with Gasteiger partial charge in [0, 0.05) is 18.4 Å². The minimum Gasteiger partial charge on any atom is -0.483 e. The van der Waals surface area contributed by atoms with E-state index in [1.54, 1.807) is 6.07 Å². The second-order valence-electron chi connectivity index (χ2n) is 7.21. The first kappa shape index (κ1) is 22.5. The van der Waals surface area contributed by atoms with Crippen LogP contribution < -0.4 is 10.6 Å². The largest absolute Gasteiger partial charge is 0.483 e. The van der Waals surface area contributed by atoms with Crippen molar-refractivity contribution in [1.82, 2.24) is 10.3 Å². The lowest BCUT2D eigenvalue weighted by molar-refractivity contribution is -0.122. The molecule has 7 heteroatoms. The summed E-state index contributed by atoms with van der Waals surface area (Å²) in [5, 5.41) is 14.9. The molecule has 3 rings (SSSR count). The lowest BCUT2D eigenvalue weighted by Gasteiger charge is -2.25. The van der Waals surface area contributed by atoms with Crippen molar-refractivity contribution in [3.05, 3.63) is 51.6 Å². The summed E-state index contributed by atoms with van der Waals surface area (Å²) in [7, 11) is 0. The third kappa shape index (κ3) is 6.66. The van der Waals surface area contributed by atoms with Gasteiger partial charge in [0.15, 0.2) is 0 Å². The van der Waals surface area contributed by atoms with E-state index in [4.69, 9.17) is 33.1 Å². The fourth-order valence-corrected chi connectivity index (χ4v) is 3.38. The van der Waals surface area contributed by atoms with Crippen LogP contribution in [0.1, 0.15) is 50.2 Å². The molecule has 152 valence electrons. The molecule has 0 unspecified atom stereocenters. The molecule has 0 amide bonds. The van der Waals surface area contributed by atoms with Crippen LogP contribution in [-0.4, -0.2) is 23.1 Å². The number of pyridine rings is 1. The third-order valence-electron chi connectivity index (χ3n) is 4.81. The minimum absolute atomic E-state index is 0.250. The van der Waals surface area contributed by atoms with Crippen LogP contribution in [-0.2, 0) is 11.3 Å². The second-order valence-corrected chi connectivity index (χ2v) is 8.02. The number of carboxylic acid groups (broad SMARTS) is 1. The average molecular weight is 424 g/mol. The van der Waals surface area contributed by atoms with E-state index < -0.39 is 0 Å². The van der Waals surface area contributed by atoms with Gasteiger partial charge in [-0.15, -0.1) is 0 Å². The van der Waals surface area contributed by atoms with E-state index in [-0.39, 0.29) is 6.47 Å². The highest BCUT2D eigenvalue weighted by Crippen LogP contribution is 2.29. The molecule has 0 aliphatic heterocycles. The van der Waals surface area contributed by atoms with E-state index in [9.17, 15) is 0 Å². The quantitative estimate of drug-likeness (QED) is 0.487. The number of halogens is 2. The molecule has 1 aliphatic rings. The van der Waals surface area contributed by atoms with Gasteiger partial charge in [-0.2, -0.15) is 0 Å². The summed E-state index contributed by atoms with van der Waals surface area (Å²) in [5.41, 5.74) is 3.47. The summed E-state index contributed by atoms with van der Waals surface area (Å²) in [5.74, 6) is 2.13. The molecule has 1 aromatic heterocycles. The molecule has 1 aromatic carbocycles. The monoisotopic (exact) mass is 423 g/mol. The van der Waals surface area contributed by atoms with E-state index in [0.717, 1.165) is 30.5 Å². The molecule has 3 N–H and O–H groups in total. The molecule has 2 aromatic rings. The van der Waals surface area contributed by atoms with Crippen LogP contribution in [0.3, 0.4) is 0 Å². The Labute approximate surface area is 176 Å². The van der Waals surface area contributed by atoms with Crippen LogP contribution in [0.25, 0.3) is 0 Å². The summed E-state index contributed by atoms with van der Waals surface area (Å²) in [6.07, 6.45) is 6.10. The molecule has 0 saturated heterocycles. The highest BCUT2D eigenvalue weighted by atomic mass is 35.5. The second kappa shape index (κ2) is 11.2. The summed E-state index contributed by atoms with van der Waals surface area (Å²) < 4.78 is 0. The first-order valence-electron chi connectivity index (χ1n) is 9.44. The molecular formula is C21H27Cl2N3O2. The summed E-state index contributed by atoms with van der Waals surface area (Å²) >= 11 is 12.1. The molecule has 1 saturated carbocycles. The van der Waals surface area contributed by atoms with Crippen LogP contribution in [0.15, 0.2) is 30.5 Å². The van der Waals surface area contributed by atoms with E-state index in [0.29, 0.717) is 16.0 Å². The van der Waals surface area contributed by atoms with E-state index in [1.165, 1.54) is 30.4 Å². The van der Waals surface area contributed by atoms with Crippen LogP contribution in [0, 0.1) is 5.92 Å². The molecule has 28 heavy (non-hydrogen) atoms. The van der Waals surface area contributed by atoms with Crippen molar-refractivity contribution in [3.8, 4) is 0 Å². The van der Waals surface area contributed by atoms with Crippen LogP contribution in [0.2, 0.25) is 10.0 Å². The molecule has 1 heterocycles. The van der Waals surface area contributed by atoms with Crippen molar-refractivity contribution < 1.29 is 9.90 Å². The number of benzene rings is 1. The fraction of sp³-hybridized carbons (Fsp3) is 0.429. The van der Waals surface area contributed by atoms with Gasteiger partial charge in [-0.1, -0.05) is 43.5 Å². The zero-order valence-corrected chi connectivity index (χ0v) is 17.7. The van der Waals surface area contributed by atoms with Crippen molar-refractivity contribution in [2.45, 2.75) is 45.6 Å². The predicted molar refractivity (Wildman–Crippen MR) is 116 cm³/mol. The number of nitrogens with zero attached hydrogens (tertiary/aromatic N) is 1. The minimum atomic E-state index is -0.250. The Morgan fingerprint density at radius 3 is 2.54 bits per heavy atom. The Morgan fingerprint density at radius 1 is 1.25 bits per heavy atom. The normalized spacial score (nSPS) is 13.5. The topological polar surface area (TPSA) is 74.2 Å². The van der Waals surface area contributed by atoms with Crippen LogP contribution in [0.4, 0.5) is 11.5 Å². The van der Waals surface area contributed by atoms with Gasteiger partial charge in [-0.25, -0.2) is 4.98 Å². The van der Waals surface area contributed by atoms with Gasteiger partial charge in [-0.05, 0) is 66.6 Å². The zero-order valence-electron chi connectivity index (χ0n) is 16.2. The Balaban J connectivity index is 0.000000878. The predicted octanol–water partition coefficient (Wildman–Crippen LogP) is 5.85. The van der Waals surface area contributed by atoms with Gasteiger partial charge in [0.2, 0.25) is 0 Å². The molecule has 1 fully saturated rings. The number of hydrogen-bond acceptors (Lipinski definition) is 4. The number of carbonyl (C=O) groups is 1. The zero-order chi connectivity index (χ0) is 20.5. The third-order valence-corrected chi connectivity index (χ3v) is 5.55. The highest BCUT2D eigenvalue weighted by molar-refractivity contribution is 6.42. The maximum absolute atomic E-state index is 8.36. The number of hydrogen-bond donors (Lipinski definition) is 3. The Bertz CT molecular complexity index is 780. The lowest BCUT2D eigenvalue weighted by atomic mass is 9.85. The van der Waals surface area contributed by atoms with E-state index in [2.05, 4.69) is 35.5 Å². The van der Waals surface area contributed by atoms with Gasteiger partial charge in [0.25, 0.3) is 6.47 Å². The smallest absolute Gasteiger partial charge is 0.290 e. The highest BCUT2D eigenvalue weighted by Gasteiger charge is 2.17. The maximum atomic E-state index is 8.36. The Hall–Kier alpha value is -1.82. The Kier molecular flexibility index (Phi) is 9.03. The molecule has 0 atom stereocenters. The van der Waals surface area contributed by atoms with E-state index in [1.807, 2.05) is 18.3 Å². The SMILES string of the molecule is CC(C)c1cc(Nc2ccc(Cl)c(Cl)c2)ncc1CNCC1CCC1.O=CO. The van der Waals surface area contributed by atoms with Crippen molar-refractivity contribution in [2.75, 3.05) is 11.9 Å². The molecule has 1 aliphatic carbocycles. The summed E-state index contributed by atoms with van der Waals surface area (Å²) in [4.78, 5) is 12.9. The molecule has 0 radical (unpaired) electrons. The molecule has 5 nitrogen and oxygen atoms in total. The number of aromatic nitrogens is 1. The van der Waals surface area contributed by atoms with E-state index >= 15 is 0 Å². The van der Waals surface area contributed by atoms with Gasteiger partial charge >= 0.3 is 0 Å². The summed E-state index contributed by atoms with van der Waals surface area (Å²) in [6.45, 7) is 6.17. The van der Waals surface area contributed by atoms with Crippen molar-refractivity contribution in [3.63, 3.8) is 0 Å². The summed E-state index contributed by atoms with van der Waals surface area (Å²) in [6, 6.07) is 7.63. The van der Waals surface area contributed by atoms with Crippen LogP contribution >= 0.6 is 23.2 Å². The van der Waals surface area contributed by atoms with Gasteiger partial charge in [-0.3, -0.25) is 4.79 Å².